The zero-order valence-electron chi connectivity index (χ0n) is 9.55. The molecule has 0 amide bonds. The van der Waals surface area contributed by atoms with Gasteiger partial charge < -0.3 is 4.74 Å². The fourth-order valence-corrected chi connectivity index (χ4v) is 1.01. The molecule has 0 saturated carbocycles. The second-order valence-electron chi connectivity index (χ2n) is 4.43. The van der Waals surface area contributed by atoms with Crippen LogP contribution in [0.5, 0.6) is 0 Å². The van der Waals surface area contributed by atoms with Crippen LogP contribution in [0.1, 0.15) is 34.6 Å². The summed E-state index contributed by atoms with van der Waals surface area (Å²) in [6.07, 6.45) is 0. The zero-order chi connectivity index (χ0) is 10.6. The Morgan fingerprint density at radius 3 is 2.23 bits per heavy atom. The van der Waals surface area contributed by atoms with Crippen molar-refractivity contribution in [2.24, 2.45) is 0 Å². The van der Waals surface area contributed by atoms with Crippen molar-refractivity contribution >= 4 is 5.97 Å². The number of nitrogens with zero attached hydrogens (tertiary/aromatic N) is 1. The number of ether oxygens (including phenoxy) is 1. The van der Waals surface area contributed by atoms with E-state index in [0.717, 1.165) is 0 Å². The van der Waals surface area contributed by atoms with E-state index in [1.54, 1.807) is 0 Å². The van der Waals surface area contributed by atoms with Gasteiger partial charge >= 0.3 is 5.97 Å². The molecule has 0 bridgehead atoms. The summed E-state index contributed by atoms with van der Waals surface area (Å²) in [6.45, 7) is 10.4. The molecule has 0 fully saturated rings. The molecule has 0 aliphatic carbocycles. The molecular weight excluding hydrogens is 166 g/mol. The highest BCUT2D eigenvalue weighted by Crippen LogP contribution is 2.13. The number of likely N-dealkylation sites (N-methyl/N-ethyl adjacent to an activating group) is 1. The summed E-state index contributed by atoms with van der Waals surface area (Å²) in [5.74, 6) is -0.214. The lowest BCUT2D eigenvalue weighted by atomic mass is 10.1. The third kappa shape index (κ3) is 4.88. The largest absolute Gasteiger partial charge is 0.464 e. The van der Waals surface area contributed by atoms with Gasteiger partial charge in [0.05, 0.1) is 0 Å². The predicted molar refractivity (Wildman–Crippen MR) is 53.6 cm³/mol. The van der Waals surface area contributed by atoms with Crippen LogP contribution in [0.15, 0.2) is 0 Å². The lowest BCUT2D eigenvalue weighted by Crippen LogP contribution is -2.46. The minimum atomic E-state index is -0.214. The van der Waals surface area contributed by atoms with Crippen LogP contribution in [-0.4, -0.2) is 36.1 Å². The van der Waals surface area contributed by atoms with Gasteiger partial charge in [-0.05, 0) is 34.7 Å². The van der Waals surface area contributed by atoms with E-state index < -0.39 is 0 Å². The van der Waals surface area contributed by atoms with Gasteiger partial charge in [0.25, 0.3) is 0 Å². The van der Waals surface area contributed by atoms with Crippen molar-refractivity contribution in [2.45, 2.75) is 46.2 Å². The molecule has 0 radical (unpaired) electrons. The number of carbonyl (C=O) groups excluding carboxylic acids is 1. The van der Waals surface area contributed by atoms with Gasteiger partial charge in [-0.2, -0.15) is 0 Å². The molecule has 0 rings (SSSR count). The lowest BCUT2D eigenvalue weighted by molar-refractivity contribution is -0.143. The van der Waals surface area contributed by atoms with Crippen LogP contribution in [-0.2, 0) is 9.53 Å². The second-order valence-corrected chi connectivity index (χ2v) is 4.43. The molecule has 0 spiro atoms. The van der Waals surface area contributed by atoms with E-state index in [2.05, 4.69) is 25.7 Å². The van der Waals surface area contributed by atoms with Crippen molar-refractivity contribution in [3.63, 3.8) is 0 Å². The Kier molecular flexibility index (Phi) is 4.40. The van der Waals surface area contributed by atoms with Crippen molar-refractivity contribution in [2.75, 3.05) is 13.7 Å². The summed E-state index contributed by atoms with van der Waals surface area (Å²) in [7, 11) is 2.04. The molecule has 13 heavy (non-hydrogen) atoms. The van der Waals surface area contributed by atoms with Crippen LogP contribution in [0.3, 0.4) is 0 Å². The fourth-order valence-electron chi connectivity index (χ4n) is 1.01. The highest BCUT2D eigenvalue weighted by Gasteiger charge is 2.22. The highest BCUT2D eigenvalue weighted by molar-refractivity contribution is 5.65. The lowest BCUT2D eigenvalue weighted by Gasteiger charge is -2.36. The smallest absolute Gasteiger partial charge is 0.302 e. The normalized spacial score (nSPS) is 14.4. The number of carbonyl (C=O) groups is 1. The molecule has 1 unspecified atom stereocenters. The number of rotatable bonds is 3. The van der Waals surface area contributed by atoms with Crippen LogP contribution >= 0.6 is 0 Å². The Morgan fingerprint density at radius 2 is 1.92 bits per heavy atom. The molecule has 0 saturated heterocycles. The molecule has 0 aliphatic heterocycles. The average molecular weight is 187 g/mol. The number of hydrogen-bond donors (Lipinski definition) is 0. The van der Waals surface area contributed by atoms with E-state index in [-0.39, 0.29) is 17.6 Å². The molecule has 0 aromatic rings. The number of esters is 1. The first-order valence-corrected chi connectivity index (χ1v) is 4.61. The third-order valence-corrected chi connectivity index (χ3v) is 2.25. The molecule has 0 N–H and O–H groups in total. The van der Waals surface area contributed by atoms with Gasteiger partial charge in [-0.25, -0.2) is 0 Å². The predicted octanol–water partition coefficient (Wildman–Crippen LogP) is 1.67. The van der Waals surface area contributed by atoms with Gasteiger partial charge in [-0.1, -0.05) is 0 Å². The Morgan fingerprint density at radius 1 is 1.46 bits per heavy atom. The quantitative estimate of drug-likeness (QED) is 0.629. The van der Waals surface area contributed by atoms with E-state index in [0.29, 0.717) is 6.61 Å². The van der Waals surface area contributed by atoms with Crippen molar-refractivity contribution < 1.29 is 9.53 Å². The van der Waals surface area contributed by atoms with Crippen LogP contribution < -0.4 is 0 Å². The minimum Gasteiger partial charge on any atom is -0.464 e. The van der Waals surface area contributed by atoms with Crippen LogP contribution in [0, 0.1) is 0 Å². The summed E-state index contributed by atoms with van der Waals surface area (Å²) in [6, 6.07) is 0.254. The first-order chi connectivity index (χ1) is 5.75. The summed E-state index contributed by atoms with van der Waals surface area (Å²) in [5.41, 5.74) is 0.111. The van der Waals surface area contributed by atoms with E-state index >= 15 is 0 Å². The molecule has 0 heterocycles. The monoisotopic (exact) mass is 187 g/mol. The third-order valence-electron chi connectivity index (χ3n) is 2.25. The van der Waals surface area contributed by atoms with Crippen molar-refractivity contribution in [1.29, 1.82) is 0 Å². The van der Waals surface area contributed by atoms with Crippen LogP contribution in [0.25, 0.3) is 0 Å². The van der Waals surface area contributed by atoms with Gasteiger partial charge in [-0.15, -0.1) is 0 Å². The van der Waals surface area contributed by atoms with E-state index in [9.17, 15) is 4.79 Å². The van der Waals surface area contributed by atoms with Gasteiger partial charge in [0.15, 0.2) is 0 Å². The standard InChI is InChI=1S/C10H21NO2/c1-8(7-13-9(2)12)11(6)10(3,4)5/h8H,7H2,1-6H3. The summed E-state index contributed by atoms with van der Waals surface area (Å²) >= 11 is 0. The molecule has 0 aromatic heterocycles. The van der Waals surface area contributed by atoms with E-state index in [1.165, 1.54) is 6.92 Å². The summed E-state index contributed by atoms with van der Waals surface area (Å²) in [5, 5.41) is 0. The molecule has 1 atom stereocenters. The molecule has 3 heteroatoms. The minimum absolute atomic E-state index is 0.111. The highest BCUT2D eigenvalue weighted by atomic mass is 16.5. The molecular formula is C10H21NO2. The topological polar surface area (TPSA) is 29.5 Å². The first-order valence-electron chi connectivity index (χ1n) is 4.61. The maximum atomic E-state index is 10.6. The SMILES string of the molecule is CC(=O)OCC(C)N(C)C(C)(C)C. The maximum absolute atomic E-state index is 10.6. The number of hydrogen-bond acceptors (Lipinski definition) is 3. The Balaban J connectivity index is 3.97. The van der Waals surface area contributed by atoms with Gasteiger partial charge in [0.1, 0.15) is 6.61 Å². The van der Waals surface area contributed by atoms with Crippen molar-refractivity contribution in [1.82, 2.24) is 4.90 Å². The Labute approximate surface area is 81.1 Å². The average Bonchev–Trinajstić information content (AvgIpc) is 1.96. The van der Waals surface area contributed by atoms with Crippen molar-refractivity contribution in [3.8, 4) is 0 Å². The molecule has 0 aliphatic rings. The van der Waals surface area contributed by atoms with Gasteiger partial charge in [0.2, 0.25) is 0 Å². The molecule has 78 valence electrons. The fraction of sp³-hybridized carbons (Fsp3) is 0.900. The molecule has 3 nitrogen and oxygen atoms in total. The Hall–Kier alpha value is -0.570. The summed E-state index contributed by atoms with van der Waals surface area (Å²) in [4.78, 5) is 12.8. The van der Waals surface area contributed by atoms with Gasteiger partial charge in [0, 0.05) is 18.5 Å². The van der Waals surface area contributed by atoms with Crippen LogP contribution in [0.4, 0.5) is 0 Å². The van der Waals surface area contributed by atoms with E-state index in [1.807, 2.05) is 14.0 Å². The van der Waals surface area contributed by atoms with E-state index in [4.69, 9.17) is 4.74 Å². The van der Waals surface area contributed by atoms with Crippen LogP contribution in [0.2, 0.25) is 0 Å². The maximum Gasteiger partial charge on any atom is 0.302 e. The molecule has 0 aromatic carbocycles. The summed E-state index contributed by atoms with van der Waals surface area (Å²) < 4.78 is 4.94. The second kappa shape index (κ2) is 4.61. The first kappa shape index (κ1) is 12.4. The Bertz CT molecular complexity index is 172. The van der Waals surface area contributed by atoms with Gasteiger partial charge in [-0.3, -0.25) is 9.69 Å². The zero-order valence-corrected chi connectivity index (χ0v) is 9.55. The van der Waals surface area contributed by atoms with Crippen molar-refractivity contribution in [3.05, 3.63) is 0 Å².